The molecule has 0 aliphatic carbocycles. The highest BCUT2D eigenvalue weighted by atomic mass is 32.1. The number of aromatic nitrogens is 4. The van der Waals surface area contributed by atoms with E-state index in [0.29, 0.717) is 0 Å². The Morgan fingerprint density at radius 2 is 1.27 bits per heavy atom. The zero-order chi connectivity index (χ0) is 26.7. The Bertz CT molecular complexity index is 2690. The van der Waals surface area contributed by atoms with Crippen LogP contribution in [0.15, 0.2) is 121 Å². The summed E-state index contributed by atoms with van der Waals surface area (Å²) in [6, 6.07) is 41.4. The molecule has 0 fully saturated rings. The summed E-state index contributed by atoms with van der Waals surface area (Å²) in [7, 11) is 0. The minimum atomic E-state index is 0.959. The fourth-order valence-electron chi connectivity index (χ4n) is 6.75. The molecule has 0 aliphatic heterocycles. The fourth-order valence-corrected chi connectivity index (χ4v) is 7.88. The van der Waals surface area contributed by atoms with Gasteiger partial charge < -0.3 is 4.57 Å². The smallest absolute Gasteiger partial charge is 0.146 e. The molecule has 0 unspecified atom stereocenters. The molecule has 190 valence electrons. The van der Waals surface area contributed by atoms with Crippen molar-refractivity contribution >= 4 is 91.8 Å². The highest BCUT2D eigenvalue weighted by Crippen LogP contribution is 2.43. The number of benzene rings is 5. The van der Waals surface area contributed by atoms with Crippen LogP contribution in [-0.2, 0) is 0 Å². The molecule has 10 aromatic rings. The van der Waals surface area contributed by atoms with Crippen LogP contribution in [0.5, 0.6) is 0 Å². The summed E-state index contributed by atoms with van der Waals surface area (Å²) >= 11 is 1.87. The van der Waals surface area contributed by atoms with Crippen LogP contribution < -0.4 is 0 Å². The minimum absolute atomic E-state index is 0.959. The monoisotopic (exact) mass is 540 g/mol. The van der Waals surface area contributed by atoms with Gasteiger partial charge in [-0.3, -0.25) is 9.38 Å². The van der Waals surface area contributed by atoms with Crippen molar-refractivity contribution in [3.63, 3.8) is 0 Å². The quantitative estimate of drug-likeness (QED) is 0.194. The van der Waals surface area contributed by atoms with Gasteiger partial charge in [-0.2, -0.15) is 0 Å². The molecule has 0 bridgehead atoms. The van der Waals surface area contributed by atoms with E-state index in [2.05, 4.69) is 118 Å². The molecule has 0 aliphatic rings. The van der Waals surface area contributed by atoms with Gasteiger partial charge in [-0.05, 0) is 66.7 Å². The van der Waals surface area contributed by atoms with E-state index in [1.54, 1.807) is 0 Å². The summed E-state index contributed by atoms with van der Waals surface area (Å²) in [5.74, 6) is 0. The van der Waals surface area contributed by atoms with Gasteiger partial charge in [0.25, 0.3) is 0 Å². The van der Waals surface area contributed by atoms with E-state index in [-0.39, 0.29) is 0 Å². The van der Waals surface area contributed by atoms with Crippen LogP contribution >= 0.6 is 11.3 Å². The lowest BCUT2D eigenvalue weighted by molar-refractivity contribution is 1.18. The molecular formula is C36H20N4S. The molecule has 10 rings (SSSR count). The number of pyridine rings is 2. The third-order valence-corrected chi connectivity index (χ3v) is 9.63. The van der Waals surface area contributed by atoms with Crippen LogP contribution in [0.25, 0.3) is 86.2 Å². The first-order valence-corrected chi connectivity index (χ1v) is 14.6. The summed E-state index contributed by atoms with van der Waals surface area (Å²) in [4.78, 5) is 10.1. The lowest BCUT2D eigenvalue weighted by Crippen LogP contribution is -1.95. The highest BCUT2D eigenvalue weighted by molar-refractivity contribution is 7.25. The lowest BCUT2D eigenvalue weighted by atomic mass is 10.0. The topological polar surface area (TPSA) is 35.1 Å². The molecule has 0 saturated carbocycles. The Kier molecular flexibility index (Phi) is 4.04. The zero-order valence-corrected chi connectivity index (χ0v) is 22.6. The second-order valence-corrected chi connectivity index (χ2v) is 11.8. The largest absolute Gasteiger partial charge is 0.309 e. The Balaban J connectivity index is 1.47. The average molecular weight is 541 g/mol. The number of hydrogen-bond acceptors (Lipinski definition) is 3. The Hall–Kier alpha value is -5.26. The van der Waals surface area contributed by atoms with E-state index in [1.807, 2.05) is 23.6 Å². The fraction of sp³-hybridized carbons (Fsp3) is 0. The van der Waals surface area contributed by atoms with E-state index in [1.165, 1.54) is 42.0 Å². The highest BCUT2D eigenvalue weighted by Gasteiger charge is 2.20. The van der Waals surface area contributed by atoms with Gasteiger partial charge in [-0.1, -0.05) is 48.5 Å². The predicted octanol–water partition coefficient (Wildman–Crippen LogP) is 9.65. The summed E-state index contributed by atoms with van der Waals surface area (Å²) in [6.45, 7) is 0. The molecule has 0 radical (unpaired) electrons. The van der Waals surface area contributed by atoms with Gasteiger partial charge in [0, 0.05) is 53.6 Å². The molecule has 0 atom stereocenters. The van der Waals surface area contributed by atoms with Gasteiger partial charge in [0.2, 0.25) is 0 Å². The van der Waals surface area contributed by atoms with Gasteiger partial charge in [-0.25, -0.2) is 4.98 Å². The number of rotatable bonds is 1. The minimum Gasteiger partial charge on any atom is -0.309 e. The summed E-state index contributed by atoms with van der Waals surface area (Å²) < 4.78 is 7.31. The molecule has 0 amide bonds. The van der Waals surface area contributed by atoms with Gasteiger partial charge in [0.05, 0.1) is 33.1 Å². The number of imidazole rings is 1. The summed E-state index contributed by atoms with van der Waals surface area (Å²) in [5.41, 5.74) is 8.63. The average Bonchev–Trinajstić information content (AvgIpc) is 3.69. The third-order valence-electron chi connectivity index (χ3n) is 8.50. The van der Waals surface area contributed by atoms with Crippen molar-refractivity contribution in [2.24, 2.45) is 0 Å². The van der Waals surface area contributed by atoms with Crippen molar-refractivity contribution in [2.75, 3.05) is 0 Å². The van der Waals surface area contributed by atoms with Gasteiger partial charge in [-0.15, -0.1) is 11.3 Å². The first-order valence-electron chi connectivity index (χ1n) is 13.8. The normalized spacial score (nSPS) is 12.4. The number of nitrogens with zero attached hydrogens (tertiary/aromatic N) is 4. The molecule has 0 spiro atoms. The van der Waals surface area contributed by atoms with Crippen molar-refractivity contribution < 1.29 is 0 Å². The maximum Gasteiger partial charge on any atom is 0.146 e. The van der Waals surface area contributed by atoms with E-state index < -0.39 is 0 Å². The van der Waals surface area contributed by atoms with Crippen molar-refractivity contribution in [2.45, 2.75) is 0 Å². The second-order valence-electron chi connectivity index (χ2n) is 10.7. The molecule has 4 nitrogen and oxygen atoms in total. The first kappa shape index (κ1) is 21.5. The molecule has 5 aromatic heterocycles. The number of fused-ring (bicyclic) bond motifs is 14. The molecule has 0 N–H and O–H groups in total. The lowest BCUT2D eigenvalue weighted by Gasteiger charge is -2.11. The zero-order valence-electron chi connectivity index (χ0n) is 21.7. The van der Waals surface area contributed by atoms with Crippen molar-refractivity contribution in [3.8, 4) is 5.69 Å². The van der Waals surface area contributed by atoms with Crippen molar-refractivity contribution in [3.05, 3.63) is 121 Å². The van der Waals surface area contributed by atoms with E-state index in [4.69, 9.17) is 9.97 Å². The molecule has 5 aromatic carbocycles. The Labute approximate surface area is 237 Å². The molecule has 41 heavy (non-hydrogen) atoms. The second kappa shape index (κ2) is 7.68. The van der Waals surface area contributed by atoms with Crippen molar-refractivity contribution in [1.82, 2.24) is 18.9 Å². The number of hydrogen-bond donors (Lipinski definition) is 0. The molecule has 0 saturated heterocycles. The molecule has 5 heterocycles. The van der Waals surface area contributed by atoms with Crippen LogP contribution in [0.2, 0.25) is 0 Å². The van der Waals surface area contributed by atoms with E-state index >= 15 is 0 Å². The van der Waals surface area contributed by atoms with Gasteiger partial charge in [0.1, 0.15) is 5.65 Å². The SMILES string of the molecule is c1ccc(-n2c3cc4c(cc3c3cc5c(cc32)c2nc3ccccc3n2c2cccnc52)sc2ccccc24)cc1. The summed E-state index contributed by atoms with van der Waals surface area (Å²) in [5, 5.41) is 7.32. The van der Waals surface area contributed by atoms with E-state index in [0.717, 1.165) is 44.2 Å². The number of para-hydroxylation sites is 3. The standard InChI is InChI=1S/C36H20N4S/c1-2-9-21(10-3-1)39-31-18-25-22-11-4-7-15-33(22)41-34(25)20-24(31)23-17-26-27(19-32(23)39)36-38-28-12-5-6-13-29(28)40(36)30-14-8-16-37-35(26)30/h1-20H. The van der Waals surface area contributed by atoms with Crippen molar-refractivity contribution in [1.29, 1.82) is 0 Å². The molecule has 5 heteroatoms. The van der Waals surface area contributed by atoms with Crippen LogP contribution in [0.4, 0.5) is 0 Å². The van der Waals surface area contributed by atoms with Crippen LogP contribution in [0.3, 0.4) is 0 Å². The summed E-state index contributed by atoms with van der Waals surface area (Å²) in [6.07, 6.45) is 1.89. The Morgan fingerprint density at radius 1 is 0.512 bits per heavy atom. The maximum absolute atomic E-state index is 5.15. The van der Waals surface area contributed by atoms with Crippen LogP contribution in [0, 0.1) is 0 Å². The first-order chi connectivity index (χ1) is 20.3. The van der Waals surface area contributed by atoms with Crippen LogP contribution in [0.1, 0.15) is 0 Å². The van der Waals surface area contributed by atoms with E-state index in [9.17, 15) is 0 Å². The maximum atomic E-state index is 5.15. The number of thiophene rings is 1. The molecular weight excluding hydrogens is 520 g/mol. The third kappa shape index (κ3) is 2.78. The van der Waals surface area contributed by atoms with Gasteiger partial charge >= 0.3 is 0 Å². The Morgan fingerprint density at radius 3 is 2.20 bits per heavy atom. The predicted molar refractivity (Wildman–Crippen MR) is 173 cm³/mol. The van der Waals surface area contributed by atoms with Crippen LogP contribution in [-0.4, -0.2) is 18.9 Å². The van der Waals surface area contributed by atoms with Gasteiger partial charge in [0.15, 0.2) is 0 Å².